The maximum absolute atomic E-state index is 5.79. The molecule has 1 aromatic heterocycles. The first-order chi connectivity index (χ1) is 9.61. The molecule has 0 spiro atoms. The normalized spacial score (nSPS) is 17.7. The molecule has 3 nitrogen and oxygen atoms in total. The smallest absolute Gasteiger partial charge is 0.121 e. The minimum atomic E-state index is 0.503. The molecule has 5 heteroatoms. The Labute approximate surface area is 125 Å². The Balaban J connectivity index is 0.000000165. The Kier molecular flexibility index (Phi) is 3.51. The Morgan fingerprint density at radius 1 is 1.25 bits per heavy atom. The molecule has 1 aromatic carbocycles. The van der Waals surface area contributed by atoms with Gasteiger partial charge in [-0.25, -0.2) is 0 Å². The average Bonchev–Trinajstić information content (AvgIpc) is 3.08. The van der Waals surface area contributed by atoms with E-state index < -0.39 is 0 Å². The van der Waals surface area contributed by atoms with E-state index in [1.54, 1.807) is 4.68 Å². The van der Waals surface area contributed by atoms with Crippen LogP contribution < -0.4 is 5.73 Å². The quantitative estimate of drug-likeness (QED) is 0.814. The Hall–Kier alpha value is -1.78. The number of nitrogens with two attached hydrogens (primary N) is 1. The van der Waals surface area contributed by atoms with Crippen LogP contribution in [0.1, 0.15) is 0 Å². The lowest BCUT2D eigenvalue weighted by atomic mass is 10.1. The molecule has 0 fully saturated rings. The van der Waals surface area contributed by atoms with Crippen molar-refractivity contribution in [2.75, 3.05) is 5.73 Å². The molecule has 1 unspecified atom stereocenters. The number of nitrogens with zero attached hydrogens (tertiary/aromatic N) is 2. The molecule has 4 heterocycles. The summed E-state index contributed by atoms with van der Waals surface area (Å²) in [5, 5.41) is 11.8. The molecule has 2 aromatic rings. The number of aryl methyl sites for hydroxylation is 1. The molecule has 0 amide bonds. The molecule has 0 aliphatic carbocycles. The van der Waals surface area contributed by atoms with Crippen molar-refractivity contribution in [3.05, 3.63) is 57.8 Å². The lowest BCUT2D eigenvalue weighted by Gasteiger charge is -1.96. The van der Waals surface area contributed by atoms with Crippen LogP contribution >= 0.6 is 22.1 Å². The van der Waals surface area contributed by atoms with E-state index >= 15 is 0 Å². The first kappa shape index (κ1) is 13.2. The van der Waals surface area contributed by atoms with Crippen molar-refractivity contribution in [2.45, 2.75) is 0 Å². The van der Waals surface area contributed by atoms with Gasteiger partial charge in [-0.2, -0.15) is 5.10 Å². The summed E-state index contributed by atoms with van der Waals surface area (Å²) >= 11 is 5.79. The molecular weight excluding hydrogens is 290 g/mol. The third kappa shape index (κ3) is 2.71. The summed E-state index contributed by atoms with van der Waals surface area (Å²) < 4.78 is 1.64. The number of hydrogen-bond donors (Lipinski definition) is 1. The second-order valence-corrected chi connectivity index (χ2v) is 6.53. The van der Waals surface area contributed by atoms with Crippen LogP contribution in [0.25, 0.3) is 11.3 Å². The maximum atomic E-state index is 5.79. The van der Waals surface area contributed by atoms with Crippen LogP contribution in [-0.2, 0) is 7.05 Å². The van der Waals surface area contributed by atoms with E-state index in [0.717, 1.165) is 16.3 Å². The molecule has 0 saturated carbocycles. The fraction of sp³-hybridized carbons (Fsp3) is 0.0667. The van der Waals surface area contributed by atoms with Crippen molar-refractivity contribution in [1.82, 2.24) is 9.78 Å². The van der Waals surface area contributed by atoms with Gasteiger partial charge in [-0.3, -0.25) is 4.68 Å². The average molecular weight is 304 g/mol. The van der Waals surface area contributed by atoms with Gasteiger partial charge in [-0.1, -0.05) is 23.7 Å². The molecule has 2 bridgehead atoms. The summed E-state index contributed by atoms with van der Waals surface area (Å²) in [4.78, 5) is 0. The van der Waals surface area contributed by atoms with Crippen LogP contribution in [0.15, 0.2) is 52.8 Å². The molecular formula is C15H14ClN3S. The number of halogens is 1. The van der Waals surface area contributed by atoms with Gasteiger partial charge in [0.1, 0.15) is 5.82 Å². The number of rotatable bonds is 1. The van der Waals surface area contributed by atoms with Gasteiger partial charge in [0.05, 0.1) is 5.69 Å². The molecule has 0 saturated heterocycles. The van der Waals surface area contributed by atoms with E-state index in [1.807, 2.05) is 37.4 Å². The number of allylic oxidation sites excluding steroid dienone is 2. The summed E-state index contributed by atoms with van der Waals surface area (Å²) in [5.74, 6) is 0.648. The van der Waals surface area contributed by atoms with Crippen LogP contribution in [0.5, 0.6) is 0 Å². The zero-order chi connectivity index (χ0) is 14.1. The van der Waals surface area contributed by atoms with Crippen molar-refractivity contribution in [3.63, 3.8) is 0 Å². The van der Waals surface area contributed by atoms with Gasteiger partial charge >= 0.3 is 0 Å². The second-order valence-electron chi connectivity index (χ2n) is 4.53. The highest BCUT2D eigenvalue weighted by Gasteiger charge is 2.06. The summed E-state index contributed by atoms with van der Waals surface area (Å²) in [6.07, 6.45) is 2.17. The fourth-order valence-corrected chi connectivity index (χ4v) is 3.22. The van der Waals surface area contributed by atoms with Crippen molar-refractivity contribution >= 4 is 33.3 Å². The third-order valence-corrected chi connectivity index (χ3v) is 4.81. The Morgan fingerprint density at radius 2 is 1.95 bits per heavy atom. The predicted molar refractivity (Wildman–Crippen MR) is 88.9 cm³/mol. The SMILES string of the molecule is C1=CS2=CC1=C2.Cn1nc(-c2ccc(Cl)cc2)cc1N. The molecule has 0 radical (unpaired) electrons. The monoisotopic (exact) mass is 303 g/mol. The van der Waals surface area contributed by atoms with E-state index in [2.05, 4.69) is 27.4 Å². The highest BCUT2D eigenvalue weighted by atomic mass is 35.5. The number of nitrogen functional groups attached to an aromatic ring is 1. The maximum Gasteiger partial charge on any atom is 0.121 e. The standard InChI is InChI=1S/C10H10ClN3.C5H4S/c1-14-10(12)6-9(13-14)7-2-4-8(11)5-3-7;1-2-6-3-5(1)4-6/h2-6H,12H2,1H3;1-4H. The molecule has 5 rings (SSSR count). The highest BCUT2D eigenvalue weighted by molar-refractivity contribution is 8.22. The van der Waals surface area contributed by atoms with E-state index in [9.17, 15) is 0 Å². The van der Waals surface area contributed by atoms with Crippen LogP contribution in [0.4, 0.5) is 5.82 Å². The summed E-state index contributed by atoms with van der Waals surface area (Å²) in [7, 11) is 2.32. The van der Waals surface area contributed by atoms with Gasteiger partial charge < -0.3 is 5.73 Å². The third-order valence-electron chi connectivity index (χ3n) is 3.02. The van der Waals surface area contributed by atoms with Gasteiger partial charge in [0.25, 0.3) is 0 Å². The zero-order valence-electron chi connectivity index (χ0n) is 11.0. The van der Waals surface area contributed by atoms with Crippen LogP contribution in [0.2, 0.25) is 5.02 Å². The summed E-state index contributed by atoms with van der Waals surface area (Å²) in [6.45, 7) is 0. The van der Waals surface area contributed by atoms with Gasteiger partial charge in [-0.05, 0) is 40.0 Å². The minimum absolute atomic E-state index is 0.503. The van der Waals surface area contributed by atoms with E-state index in [1.165, 1.54) is 5.57 Å². The first-order valence-corrected chi connectivity index (χ1v) is 7.92. The van der Waals surface area contributed by atoms with Crippen molar-refractivity contribution in [1.29, 1.82) is 0 Å². The lowest BCUT2D eigenvalue weighted by Crippen LogP contribution is -1.96. The molecule has 2 N–H and O–H groups in total. The topological polar surface area (TPSA) is 43.8 Å². The van der Waals surface area contributed by atoms with Gasteiger partial charge in [0.2, 0.25) is 0 Å². The van der Waals surface area contributed by atoms with Crippen molar-refractivity contribution in [3.8, 4) is 11.3 Å². The molecule has 1 atom stereocenters. The number of anilines is 1. The van der Waals surface area contributed by atoms with Crippen LogP contribution in [0, 0.1) is 0 Å². The van der Waals surface area contributed by atoms with E-state index in [4.69, 9.17) is 17.3 Å². The highest BCUT2D eigenvalue weighted by Crippen LogP contribution is 2.35. The van der Waals surface area contributed by atoms with Crippen molar-refractivity contribution in [2.24, 2.45) is 7.05 Å². The minimum Gasteiger partial charge on any atom is -0.384 e. The predicted octanol–water partition coefficient (Wildman–Crippen LogP) is 3.81. The second kappa shape index (κ2) is 5.31. The van der Waals surface area contributed by atoms with Gasteiger partial charge in [-0.15, -0.1) is 10.5 Å². The van der Waals surface area contributed by atoms with Crippen molar-refractivity contribution < 1.29 is 0 Å². The fourth-order valence-electron chi connectivity index (χ4n) is 1.86. The first-order valence-electron chi connectivity index (χ1n) is 6.13. The summed E-state index contributed by atoms with van der Waals surface area (Å²) in [6, 6.07) is 9.35. The van der Waals surface area contributed by atoms with E-state index in [0.29, 0.717) is 16.3 Å². The number of aromatic nitrogens is 2. The van der Waals surface area contributed by atoms with Crippen LogP contribution in [-0.4, -0.2) is 15.1 Å². The van der Waals surface area contributed by atoms with Crippen LogP contribution in [0.3, 0.4) is 0 Å². The van der Waals surface area contributed by atoms with Gasteiger partial charge in [0, 0.05) is 23.7 Å². The lowest BCUT2D eigenvalue weighted by molar-refractivity contribution is 0.782. The molecule has 102 valence electrons. The Bertz CT molecular complexity index is 684. The molecule has 3 aliphatic rings. The largest absolute Gasteiger partial charge is 0.384 e. The Morgan fingerprint density at radius 3 is 2.35 bits per heavy atom. The molecule has 20 heavy (non-hydrogen) atoms. The van der Waals surface area contributed by atoms with Gasteiger partial charge in [0.15, 0.2) is 0 Å². The zero-order valence-corrected chi connectivity index (χ0v) is 12.5. The van der Waals surface area contributed by atoms with E-state index in [-0.39, 0.29) is 0 Å². The molecule has 3 aliphatic heterocycles. The number of benzene rings is 1. The summed E-state index contributed by atoms with van der Waals surface area (Å²) in [5.41, 5.74) is 8.99. The number of hydrogen-bond acceptors (Lipinski definition) is 2.